The van der Waals surface area contributed by atoms with Crippen LogP contribution in [0, 0.1) is 18.8 Å². The Morgan fingerprint density at radius 3 is 1.50 bits per heavy atom. The highest BCUT2D eigenvalue weighted by atomic mass is 32.1. The Morgan fingerprint density at radius 1 is 0.771 bits per heavy atom. The van der Waals surface area contributed by atoms with Gasteiger partial charge in [-0.15, -0.1) is 22.7 Å². The molecule has 0 unspecified atom stereocenters. The van der Waals surface area contributed by atoms with Gasteiger partial charge in [0.15, 0.2) is 5.69 Å². The molecule has 0 aliphatic heterocycles. The molecule has 2 aromatic heterocycles. The van der Waals surface area contributed by atoms with Crippen molar-refractivity contribution < 1.29 is 38.8 Å². The van der Waals surface area contributed by atoms with Crippen molar-refractivity contribution in [1.82, 2.24) is 19.8 Å². The van der Waals surface area contributed by atoms with Crippen molar-refractivity contribution in [2.75, 3.05) is 20.7 Å². The number of nitrogens with zero attached hydrogens (tertiary/aromatic N) is 4. The number of aliphatic hydroxyl groups excluding tert-OH is 2. The van der Waals surface area contributed by atoms with Gasteiger partial charge in [0.05, 0.1) is 6.61 Å². The van der Waals surface area contributed by atoms with Crippen molar-refractivity contribution in [2.24, 2.45) is 11.8 Å². The van der Waals surface area contributed by atoms with Crippen molar-refractivity contribution >= 4 is 40.8 Å². The molecule has 12 nitrogen and oxygen atoms in total. The third kappa shape index (κ3) is 14.8. The van der Waals surface area contributed by atoms with Crippen LogP contribution < -0.4 is 0 Å². The molecule has 0 saturated heterocycles. The lowest BCUT2D eigenvalue weighted by molar-refractivity contribution is 0.00950. The van der Waals surface area contributed by atoms with Crippen LogP contribution >= 0.6 is 22.7 Å². The number of aryl methyl sites for hydroxylation is 1. The standard InChI is InChI=1S/C18H30N2O5S.C16H28N2O3S/c1-8-24-16(22)12-10-26-15(19-12)14(21)9-13(11(2)3)20(7)17(23)25-18(4,5)6;1-10(2)12(18(7)15(20)21-16(4,5)6)8-13(19)14-17-11(3)9-22-14/h10-11,13-14,21H,8-9H2,1-7H3;9-10,12-13,19H,8H2,1-7H3/t13-,14-;12-,13-/m00/s1. The SMILES string of the molecule is CCOC(=O)c1csc([C@@H](O)C[C@@H](C(C)C)N(C)C(=O)OC(C)(C)C)n1.Cc1csc([C@@H](O)C[C@@H](C(C)C)N(C)C(=O)OC(C)(C)C)n1. The van der Waals surface area contributed by atoms with Crippen LogP contribution in [0.1, 0.15) is 127 Å². The summed E-state index contributed by atoms with van der Waals surface area (Å²) in [5.41, 5.74) is -0.0269. The molecule has 0 aliphatic rings. The summed E-state index contributed by atoms with van der Waals surface area (Å²) in [5, 5.41) is 25.5. The van der Waals surface area contributed by atoms with E-state index in [1.807, 2.05) is 81.5 Å². The molecule has 4 atom stereocenters. The highest BCUT2D eigenvalue weighted by molar-refractivity contribution is 7.10. The van der Waals surface area contributed by atoms with Crippen LogP contribution in [0.15, 0.2) is 10.8 Å². The van der Waals surface area contributed by atoms with Gasteiger partial charge in [0.25, 0.3) is 0 Å². The fraction of sp³-hybridized carbons (Fsp3) is 0.735. The molecule has 0 aliphatic carbocycles. The van der Waals surface area contributed by atoms with Gasteiger partial charge in [-0.3, -0.25) is 0 Å². The molecule has 0 saturated carbocycles. The van der Waals surface area contributed by atoms with Crippen molar-refractivity contribution in [3.8, 4) is 0 Å². The third-order valence-corrected chi connectivity index (χ3v) is 9.05. The van der Waals surface area contributed by atoms with E-state index < -0.39 is 35.5 Å². The maximum Gasteiger partial charge on any atom is 0.410 e. The summed E-state index contributed by atoms with van der Waals surface area (Å²) in [6.45, 7) is 22.9. The first kappa shape index (κ1) is 43.2. The molecular weight excluding hydrogens is 657 g/mol. The monoisotopic (exact) mass is 714 g/mol. The molecule has 2 heterocycles. The average Bonchev–Trinajstić information content (AvgIpc) is 3.62. The highest BCUT2D eigenvalue weighted by Crippen LogP contribution is 2.29. The molecule has 2 aromatic rings. The summed E-state index contributed by atoms with van der Waals surface area (Å²) < 4.78 is 15.7. The zero-order valence-electron chi connectivity index (χ0n) is 31.2. The lowest BCUT2D eigenvalue weighted by Gasteiger charge is -2.34. The van der Waals surface area contributed by atoms with Crippen molar-refractivity contribution in [2.45, 2.75) is 131 Å². The third-order valence-electron chi connectivity index (χ3n) is 7.04. The van der Waals surface area contributed by atoms with Gasteiger partial charge in [0.2, 0.25) is 0 Å². The molecule has 0 spiro atoms. The normalized spacial score (nSPS) is 14.4. The largest absolute Gasteiger partial charge is 0.461 e. The molecule has 2 rings (SSSR count). The van der Waals surface area contributed by atoms with Gasteiger partial charge in [-0.1, -0.05) is 27.7 Å². The van der Waals surface area contributed by atoms with Crippen LogP contribution in [0.4, 0.5) is 9.59 Å². The Balaban J connectivity index is 0.000000487. The van der Waals surface area contributed by atoms with Crippen LogP contribution in [0.25, 0.3) is 0 Å². The number of thiazole rings is 2. The summed E-state index contributed by atoms with van der Waals surface area (Å²) >= 11 is 2.64. The second-order valence-corrected chi connectivity index (χ2v) is 16.2. The molecule has 0 bridgehead atoms. The van der Waals surface area contributed by atoms with Crippen molar-refractivity contribution in [3.63, 3.8) is 0 Å². The first-order valence-corrected chi connectivity index (χ1v) is 18.1. The molecule has 48 heavy (non-hydrogen) atoms. The maximum atomic E-state index is 12.3. The van der Waals surface area contributed by atoms with Crippen LogP contribution in [0.3, 0.4) is 0 Å². The number of hydrogen-bond acceptors (Lipinski definition) is 12. The van der Waals surface area contributed by atoms with Gasteiger partial charge in [0.1, 0.15) is 33.4 Å². The number of ether oxygens (including phenoxy) is 3. The number of rotatable bonds is 12. The number of carbonyl (C=O) groups excluding carboxylic acids is 3. The van der Waals surface area contributed by atoms with E-state index >= 15 is 0 Å². The maximum absolute atomic E-state index is 12.3. The summed E-state index contributed by atoms with van der Waals surface area (Å²) in [7, 11) is 3.38. The summed E-state index contributed by atoms with van der Waals surface area (Å²) in [4.78, 5) is 47.9. The number of aliphatic hydroxyl groups is 2. The van der Waals surface area contributed by atoms with E-state index in [2.05, 4.69) is 9.97 Å². The molecule has 0 aromatic carbocycles. The van der Waals surface area contributed by atoms with Crippen molar-refractivity contribution in [3.05, 3.63) is 32.2 Å². The van der Waals surface area contributed by atoms with Gasteiger partial charge < -0.3 is 34.2 Å². The number of hydrogen-bond donors (Lipinski definition) is 2. The Hall–Kier alpha value is -2.81. The van der Waals surface area contributed by atoms with Crippen LogP contribution in [-0.4, -0.2) is 92.1 Å². The van der Waals surface area contributed by atoms with Gasteiger partial charge in [0, 0.05) is 55.5 Å². The number of esters is 1. The van der Waals surface area contributed by atoms with Crippen LogP contribution in [-0.2, 0) is 14.2 Å². The first-order chi connectivity index (χ1) is 22.0. The molecule has 274 valence electrons. The molecule has 2 N–H and O–H groups in total. The minimum atomic E-state index is -0.888. The number of amides is 2. The second kappa shape index (κ2) is 18.8. The number of aromatic nitrogens is 2. The zero-order valence-corrected chi connectivity index (χ0v) is 32.8. The highest BCUT2D eigenvalue weighted by Gasteiger charge is 2.32. The fourth-order valence-corrected chi connectivity index (χ4v) is 6.20. The van der Waals surface area contributed by atoms with Gasteiger partial charge in [-0.2, -0.15) is 0 Å². The topological polar surface area (TPSA) is 152 Å². The molecule has 2 amide bonds. The predicted octanol–water partition coefficient (Wildman–Crippen LogP) is 7.40. The lowest BCUT2D eigenvalue weighted by Crippen LogP contribution is -2.44. The Bertz CT molecular complexity index is 1300. The smallest absolute Gasteiger partial charge is 0.410 e. The Morgan fingerprint density at radius 2 is 1.17 bits per heavy atom. The average molecular weight is 715 g/mol. The van der Waals surface area contributed by atoms with E-state index in [4.69, 9.17) is 14.2 Å². The molecule has 0 radical (unpaired) electrons. The minimum Gasteiger partial charge on any atom is -0.461 e. The van der Waals surface area contributed by atoms with E-state index in [-0.39, 0.29) is 42.3 Å². The van der Waals surface area contributed by atoms with E-state index in [0.29, 0.717) is 22.9 Å². The van der Waals surface area contributed by atoms with E-state index in [9.17, 15) is 24.6 Å². The van der Waals surface area contributed by atoms with Gasteiger partial charge >= 0.3 is 18.2 Å². The second-order valence-electron chi connectivity index (χ2n) is 14.4. The summed E-state index contributed by atoms with van der Waals surface area (Å²) in [5.74, 6) is -0.201. The Kier molecular flexibility index (Phi) is 16.9. The molecule has 0 fully saturated rings. The predicted molar refractivity (Wildman–Crippen MR) is 189 cm³/mol. The summed E-state index contributed by atoms with van der Waals surface area (Å²) in [6, 6.07) is -0.358. The minimum absolute atomic E-state index is 0.103. The van der Waals surface area contributed by atoms with Crippen molar-refractivity contribution in [1.29, 1.82) is 0 Å². The number of carbonyl (C=O) groups is 3. The van der Waals surface area contributed by atoms with Gasteiger partial charge in [-0.05, 0) is 67.2 Å². The van der Waals surface area contributed by atoms with Crippen LogP contribution in [0.2, 0.25) is 0 Å². The molecule has 14 heteroatoms. The first-order valence-electron chi connectivity index (χ1n) is 16.3. The lowest BCUT2D eigenvalue weighted by atomic mass is 9.97. The Labute approximate surface area is 294 Å². The fourth-order valence-electron chi connectivity index (χ4n) is 4.62. The van der Waals surface area contributed by atoms with E-state index in [1.165, 1.54) is 27.6 Å². The zero-order chi connectivity index (χ0) is 37.1. The summed E-state index contributed by atoms with van der Waals surface area (Å²) in [6.07, 6.45) is -1.62. The molecular formula is C34H58N4O8S2. The van der Waals surface area contributed by atoms with E-state index in [1.54, 1.807) is 31.3 Å². The quantitative estimate of drug-likeness (QED) is 0.168. The van der Waals surface area contributed by atoms with E-state index in [0.717, 1.165) is 5.69 Å². The van der Waals surface area contributed by atoms with Gasteiger partial charge in [-0.25, -0.2) is 24.4 Å². The van der Waals surface area contributed by atoms with Crippen LogP contribution in [0.5, 0.6) is 0 Å².